The monoisotopic (exact) mass is 481 g/mol. The van der Waals surface area contributed by atoms with Gasteiger partial charge >= 0.3 is 124 Å². The van der Waals surface area contributed by atoms with Crippen LogP contribution in [0.3, 0.4) is 0 Å². The number of amides is 2. The van der Waals surface area contributed by atoms with Crippen LogP contribution in [0.15, 0.2) is 0 Å². The van der Waals surface area contributed by atoms with Crippen LogP contribution < -0.4 is 5.79 Å². The van der Waals surface area contributed by atoms with Gasteiger partial charge in [0.1, 0.15) is 0 Å². The van der Waals surface area contributed by atoms with Crippen molar-refractivity contribution < 1.29 is 9.59 Å². The molecular formula is C12H19NO2SSn2. The van der Waals surface area contributed by atoms with Gasteiger partial charge in [0, 0.05) is 0 Å². The molecule has 3 nitrogen and oxygen atoms in total. The van der Waals surface area contributed by atoms with E-state index in [0.717, 1.165) is 11.1 Å². The molecule has 6 heteroatoms. The average molecular weight is 479 g/mol. The van der Waals surface area contributed by atoms with Crippen molar-refractivity contribution in [1.82, 2.24) is 4.90 Å². The van der Waals surface area contributed by atoms with Gasteiger partial charge in [0.05, 0.1) is 0 Å². The summed E-state index contributed by atoms with van der Waals surface area (Å²) in [6.07, 6.45) is 0. The number of fused-ring (bicyclic) bond motifs is 1. The molecule has 0 fully saturated rings. The Bertz CT molecular complexity index is 543. The van der Waals surface area contributed by atoms with Crippen LogP contribution in [0.5, 0.6) is 0 Å². The zero-order chi connectivity index (χ0) is 13.8. The van der Waals surface area contributed by atoms with Crippen LogP contribution in [-0.2, 0) is 0 Å². The van der Waals surface area contributed by atoms with Crippen LogP contribution in [0.1, 0.15) is 20.7 Å². The van der Waals surface area contributed by atoms with Crippen molar-refractivity contribution in [3.63, 3.8) is 0 Å². The van der Waals surface area contributed by atoms with Crippen molar-refractivity contribution in [2.24, 2.45) is 0 Å². The van der Waals surface area contributed by atoms with E-state index in [1.165, 1.54) is 10.7 Å². The minimum atomic E-state index is -2.33. The van der Waals surface area contributed by atoms with Gasteiger partial charge in [-0.1, -0.05) is 0 Å². The van der Waals surface area contributed by atoms with E-state index in [9.17, 15) is 9.59 Å². The van der Waals surface area contributed by atoms with Gasteiger partial charge in [0.25, 0.3) is 0 Å². The number of imide groups is 1. The third-order valence-corrected chi connectivity index (χ3v) is 21.6. The summed E-state index contributed by atoms with van der Waals surface area (Å²) in [5.74, 6) is -0.125. The first kappa shape index (κ1) is 14.8. The molecule has 0 aromatic carbocycles. The number of carbonyl (C=O) groups excluding carboxylic acids is 2. The maximum absolute atomic E-state index is 12.3. The van der Waals surface area contributed by atoms with Gasteiger partial charge in [-0.25, -0.2) is 0 Å². The normalized spacial score (nSPS) is 15.8. The van der Waals surface area contributed by atoms with E-state index < -0.39 is 38.1 Å². The van der Waals surface area contributed by atoms with Crippen LogP contribution in [0, 0.1) is 0 Å². The first-order valence-electron chi connectivity index (χ1n) is 6.15. The molecule has 1 aliphatic heterocycles. The van der Waals surface area contributed by atoms with Gasteiger partial charge in [-0.05, 0) is 0 Å². The van der Waals surface area contributed by atoms with Crippen LogP contribution in [0.4, 0.5) is 0 Å². The average Bonchev–Trinajstić information content (AvgIpc) is 2.72. The molecule has 1 aromatic rings. The molecule has 2 heterocycles. The molecular weight excluding hydrogens is 460 g/mol. The van der Waals surface area contributed by atoms with Gasteiger partial charge in [0.15, 0.2) is 0 Å². The summed E-state index contributed by atoms with van der Waals surface area (Å²) < 4.78 is 2.60. The second-order valence-electron chi connectivity index (χ2n) is 6.12. The first-order valence-corrected chi connectivity index (χ1v) is 25.2. The molecule has 0 radical (unpaired) electrons. The fourth-order valence-electron chi connectivity index (χ4n) is 2.23. The Kier molecular flexibility index (Phi) is 3.93. The van der Waals surface area contributed by atoms with Crippen molar-refractivity contribution in [3.05, 3.63) is 11.1 Å². The summed E-state index contributed by atoms with van der Waals surface area (Å²) >= 11 is -2.29. The zero-order valence-electron chi connectivity index (χ0n) is 11.7. The molecule has 0 bridgehead atoms. The Morgan fingerprint density at radius 2 is 1.56 bits per heavy atom. The summed E-state index contributed by atoms with van der Waals surface area (Å²) in [6.45, 7) is 0. The number of hydrogen-bond donors (Lipinski definition) is 0. The second kappa shape index (κ2) is 4.77. The van der Waals surface area contributed by atoms with E-state index in [-0.39, 0.29) is 11.8 Å². The van der Waals surface area contributed by atoms with Crippen molar-refractivity contribution in [3.8, 4) is 0 Å². The first-order chi connectivity index (χ1) is 8.16. The molecule has 0 atom stereocenters. The minimum absolute atomic E-state index is 0.0616. The number of carbonyl (C=O) groups is 2. The predicted molar refractivity (Wildman–Crippen MR) is 82.2 cm³/mol. The van der Waals surface area contributed by atoms with Gasteiger partial charge in [-0.15, -0.1) is 0 Å². The van der Waals surface area contributed by atoms with E-state index in [2.05, 4.69) is 24.7 Å². The Hall–Kier alpha value is 0.437. The Morgan fingerprint density at radius 3 is 2.00 bits per heavy atom. The van der Waals surface area contributed by atoms with E-state index in [1.807, 2.05) is 0 Å². The topological polar surface area (TPSA) is 37.4 Å². The predicted octanol–water partition coefficient (Wildman–Crippen LogP) is 1.21. The summed E-state index contributed by atoms with van der Waals surface area (Å²) in [7, 11) is 1.61. The van der Waals surface area contributed by atoms with Crippen molar-refractivity contribution in [2.45, 2.75) is 24.7 Å². The van der Waals surface area contributed by atoms with Gasteiger partial charge in [-0.2, -0.15) is 0 Å². The summed E-state index contributed by atoms with van der Waals surface area (Å²) in [4.78, 5) is 37.4. The van der Waals surface area contributed by atoms with E-state index in [4.69, 9.17) is 0 Å². The maximum atomic E-state index is 12.3. The molecule has 0 N–H and O–H groups in total. The quantitative estimate of drug-likeness (QED) is 0.473. The van der Waals surface area contributed by atoms with E-state index in [0.29, 0.717) is 0 Å². The summed E-state index contributed by atoms with van der Waals surface area (Å²) in [5, 5.41) is 0. The second-order valence-corrected chi connectivity index (χ2v) is 31.9. The fraction of sp³-hybridized carbons (Fsp3) is 0.500. The third kappa shape index (κ3) is 2.18. The number of thiophene rings is 1. The third-order valence-electron chi connectivity index (χ3n) is 3.18. The molecule has 2 amide bonds. The number of nitrogens with zero attached hydrogens (tertiary/aromatic N) is 1. The van der Waals surface area contributed by atoms with Crippen LogP contribution in [0.2, 0.25) is 24.7 Å². The number of hydrogen-bond acceptors (Lipinski definition) is 3. The summed E-state index contributed by atoms with van der Waals surface area (Å²) in [6, 6.07) is 0. The zero-order valence-corrected chi connectivity index (χ0v) is 18.7. The molecule has 1 aliphatic rings. The van der Waals surface area contributed by atoms with E-state index in [1.54, 1.807) is 18.4 Å². The molecule has 0 aliphatic carbocycles. The van der Waals surface area contributed by atoms with Crippen molar-refractivity contribution in [2.75, 3.05) is 7.05 Å². The van der Waals surface area contributed by atoms with Crippen molar-refractivity contribution >= 4 is 67.1 Å². The Morgan fingerprint density at radius 1 is 1.06 bits per heavy atom. The number of rotatable bonds is 2. The van der Waals surface area contributed by atoms with Gasteiger partial charge < -0.3 is 0 Å². The fourth-order valence-corrected chi connectivity index (χ4v) is 18.3. The van der Waals surface area contributed by atoms with Crippen LogP contribution >= 0.6 is 11.3 Å². The molecule has 1 aromatic heterocycles. The molecule has 0 spiro atoms. The Labute approximate surface area is 123 Å². The summed E-state index contributed by atoms with van der Waals surface area (Å²) in [5.41, 5.74) is 1.58. The standard InChI is InChI=1S/C7H3NO2S.5CH3.2Sn.H/c1-8-6(9)4-2-11-3-5(4)7(8)10;;;;;;;;/h1H3;5*1H3;;;. The van der Waals surface area contributed by atoms with Crippen LogP contribution in [0.25, 0.3) is 0 Å². The molecule has 18 heavy (non-hydrogen) atoms. The molecule has 0 unspecified atom stereocenters. The molecule has 0 saturated heterocycles. The van der Waals surface area contributed by atoms with E-state index >= 15 is 0 Å². The molecule has 98 valence electrons. The van der Waals surface area contributed by atoms with Crippen LogP contribution in [-0.4, -0.2) is 61.9 Å². The van der Waals surface area contributed by atoms with Gasteiger partial charge in [-0.3, -0.25) is 0 Å². The molecule has 2 rings (SSSR count). The van der Waals surface area contributed by atoms with Gasteiger partial charge in [0.2, 0.25) is 0 Å². The Balaban J connectivity index is 2.77. The van der Waals surface area contributed by atoms with Crippen molar-refractivity contribution in [1.29, 1.82) is 0 Å². The SMILES string of the molecule is CN1C(=O)c2[c]([SnH]([CH3])[CH3])s[c]([Sn]([CH3])([CH3])[CH3])c2C1=O. The molecule has 0 saturated carbocycles.